The predicted molar refractivity (Wildman–Crippen MR) is 106 cm³/mol. The van der Waals surface area contributed by atoms with Gasteiger partial charge < -0.3 is 24.6 Å². The van der Waals surface area contributed by atoms with Gasteiger partial charge in [0.15, 0.2) is 5.96 Å². The van der Waals surface area contributed by atoms with Gasteiger partial charge in [0.2, 0.25) is 0 Å². The molecule has 6 nitrogen and oxygen atoms in total. The molecule has 3 saturated heterocycles. The number of rotatable bonds is 8. The van der Waals surface area contributed by atoms with Crippen LogP contribution in [0.5, 0.6) is 0 Å². The van der Waals surface area contributed by atoms with Crippen molar-refractivity contribution in [2.24, 2.45) is 16.8 Å². The second-order valence-electron chi connectivity index (χ2n) is 8.09. The second-order valence-corrected chi connectivity index (χ2v) is 8.09. The van der Waals surface area contributed by atoms with E-state index in [0.717, 1.165) is 70.8 Å². The Morgan fingerprint density at radius 2 is 2.04 bits per heavy atom. The fraction of sp³-hybridized carbons (Fsp3) is 0.950. The van der Waals surface area contributed by atoms with Crippen LogP contribution in [0.1, 0.15) is 38.5 Å². The molecule has 3 heterocycles. The van der Waals surface area contributed by atoms with Gasteiger partial charge >= 0.3 is 0 Å². The summed E-state index contributed by atoms with van der Waals surface area (Å²) in [6.45, 7) is 10.5. The molecule has 1 N–H and O–H groups in total. The lowest BCUT2D eigenvalue weighted by atomic mass is 10.1. The SMILES string of the molecule is CN=C(NCCCOCC1CCOC1)N1CCC(CN2CCCCC2)C1. The third-order valence-electron chi connectivity index (χ3n) is 5.89. The van der Waals surface area contributed by atoms with Gasteiger partial charge in [-0.25, -0.2) is 0 Å². The topological polar surface area (TPSA) is 49.3 Å². The molecule has 0 radical (unpaired) electrons. The molecule has 2 unspecified atom stereocenters. The Morgan fingerprint density at radius 3 is 2.81 bits per heavy atom. The number of nitrogens with one attached hydrogen (secondary N) is 1. The van der Waals surface area contributed by atoms with Crippen LogP contribution in [0.3, 0.4) is 0 Å². The minimum atomic E-state index is 0.608. The van der Waals surface area contributed by atoms with Crippen molar-refractivity contribution >= 4 is 5.96 Å². The molecular formula is C20H38N4O2. The summed E-state index contributed by atoms with van der Waals surface area (Å²) < 4.78 is 11.2. The van der Waals surface area contributed by atoms with E-state index in [0.29, 0.717) is 5.92 Å². The number of guanidine groups is 1. The first-order valence-corrected chi connectivity index (χ1v) is 10.7. The van der Waals surface area contributed by atoms with Crippen LogP contribution in [-0.4, -0.2) is 88.5 Å². The van der Waals surface area contributed by atoms with E-state index in [1.54, 1.807) is 0 Å². The summed E-state index contributed by atoms with van der Waals surface area (Å²) in [6, 6.07) is 0. The summed E-state index contributed by atoms with van der Waals surface area (Å²) >= 11 is 0. The molecule has 26 heavy (non-hydrogen) atoms. The Bertz CT molecular complexity index is 420. The number of ether oxygens (including phenoxy) is 2. The molecule has 3 rings (SSSR count). The van der Waals surface area contributed by atoms with Crippen molar-refractivity contribution in [1.29, 1.82) is 0 Å². The molecule has 2 atom stereocenters. The van der Waals surface area contributed by atoms with Crippen LogP contribution < -0.4 is 5.32 Å². The van der Waals surface area contributed by atoms with E-state index >= 15 is 0 Å². The van der Waals surface area contributed by atoms with Crippen molar-refractivity contribution in [1.82, 2.24) is 15.1 Å². The maximum absolute atomic E-state index is 5.78. The second kappa shape index (κ2) is 11.1. The van der Waals surface area contributed by atoms with Crippen LogP contribution in [0.2, 0.25) is 0 Å². The smallest absolute Gasteiger partial charge is 0.193 e. The number of aliphatic imine (C=N–C) groups is 1. The van der Waals surface area contributed by atoms with E-state index in [9.17, 15) is 0 Å². The van der Waals surface area contributed by atoms with E-state index in [4.69, 9.17) is 9.47 Å². The van der Waals surface area contributed by atoms with Crippen LogP contribution in [0.15, 0.2) is 4.99 Å². The molecule has 0 aromatic carbocycles. The van der Waals surface area contributed by atoms with Crippen molar-refractivity contribution in [3.8, 4) is 0 Å². The lowest BCUT2D eigenvalue weighted by Gasteiger charge is -2.29. The molecule has 0 saturated carbocycles. The molecular weight excluding hydrogens is 328 g/mol. The zero-order valence-electron chi connectivity index (χ0n) is 16.6. The number of nitrogens with zero attached hydrogens (tertiary/aromatic N) is 3. The van der Waals surface area contributed by atoms with Crippen LogP contribution in [-0.2, 0) is 9.47 Å². The molecule has 0 aromatic rings. The summed E-state index contributed by atoms with van der Waals surface area (Å²) in [5.74, 6) is 2.47. The molecule has 0 spiro atoms. The summed E-state index contributed by atoms with van der Waals surface area (Å²) in [5, 5.41) is 3.52. The van der Waals surface area contributed by atoms with Crippen LogP contribution >= 0.6 is 0 Å². The molecule has 3 fully saturated rings. The first-order valence-electron chi connectivity index (χ1n) is 10.7. The largest absolute Gasteiger partial charge is 0.381 e. The Kier molecular flexibility index (Phi) is 8.49. The van der Waals surface area contributed by atoms with Crippen molar-refractivity contribution in [2.75, 3.05) is 72.7 Å². The fourth-order valence-electron chi connectivity index (χ4n) is 4.35. The van der Waals surface area contributed by atoms with Gasteiger partial charge in [-0.3, -0.25) is 4.99 Å². The number of piperidine rings is 1. The zero-order chi connectivity index (χ0) is 18.0. The van der Waals surface area contributed by atoms with E-state index in [1.807, 2.05) is 7.05 Å². The summed E-state index contributed by atoms with van der Waals surface area (Å²) in [7, 11) is 1.90. The summed E-state index contributed by atoms with van der Waals surface area (Å²) in [6.07, 6.45) is 7.66. The summed E-state index contributed by atoms with van der Waals surface area (Å²) in [5.41, 5.74) is 0. The Hall–Kier alpha value is -0.850. The molecule has 0 aliphatic carbocycles. The normalized spacial score (nSPS) is 28.0. The highest BCUT2D eigenvalue weighted by atomic mass is 16.5. The lowest BCUT2D eigenvalue weighted by Crippen LogP contribution is -2.41. The van der Waals surface area contributed by atoms with Gasteiger partial charge in [-0.1, -0.05) is 6.42 Å². The van der Waals surface area contributed by atoms with Gasteiger partial charge in [-0.2, -0.15) is 0 Å². The minimum Gasteiger partial charge on any atom is -0.381 e. The fourth-order valence-corrected chi connectivity index (χ4v) is 4.35. The molecule has 6 heteroatoms. The third kappa shape index (κ3) is 6.39. The van der Waals surface area contributed by atoms with Gasteiger partial charge in [0, 0.05) is 52.4 Å². The number of hydrogen-bond acceptors (Lipinski definition) is 4. The monoisotopic (exact) mass is 366 g/mol. The van der Waals surface area contributed by atoms with E-state index in [-0.39, 0.29) is 0 Å². The Morgan fingerprint density at radius 1 is 1.15 bits per heavy atom. The van der Waals surface area contributed by atoms with Crippen molar-refractivity contribution in [3.63, 3.8) is 0 Å². The quantitative estimate of drug-likeness (QED) is 0.403. The lowest BCUT2D eigenvalue weighted by molar-refractivity contribution is 0.0887. The minimum absolute atomic E-state index is 0.608. The maximum atomic E-state index is 5.78. The highest BCUT2D eigenvalue weighted by Gasteiger charge is 2.26. The molecule has 3 aliphatic rings. The zero-order valence-corrected chi connectivity index (χ0v) is 16.6. The van der Waals surface area contributed by atoms with Gasteiger partial charge in [0.1, 0.15) is 0 Å². The molecule has 0 amide bonds. The van der Waals surface area contributed by atoms with Crippen LogP contribution in [0, 0.1) is 11.8 Å². The summed E-state index contributed by atoms with van der Waals surface area (Å²) in [4.78, 5) is 9.60. The highest BCUT2D eigenvalue weighted by Crippen LogP contribution is 2.20. The Labute approximate surface area is 159 Å². The maximum Gasteiger partial charge on any atom is 0.193 e. The first kappa shape index (κ1) is 19.9. The van der Waals surface area contributed by atoms with E-state index in [2.05, 4.69) is 20.1 Å². The Balaban J connectivity index is 1.26. The molecule has 3 aliphatic heterocycles. The molecule has 150 valence electrons. The van der Waals surface area contributed by atoms with Gasteiger partial charge in [0.25, 0.3) is 0 Å². The number of likely N-dealkylation sites (tertiary alicyclic amines) is 2. The molecule has 0 bridgehead atoms. The van der Waals surface area contributed by atoms with E-state index < -0.39 is 0 Å². The predicted octanol–water partition coefficient (Wildman–Crippen LogP) is 1.81. The van der Waals surface area contributed by atoms with Crippen LogP contribution in [0.25, 0.3) is 0 Å². The standard InChI is InChI=1S/C20H38N4O2/c1-21-20(22-8-5-12-25-16-19-7-13-26-17-19)24-11-6-18(15-24)14-23-9-3-2-4-10-23/h18-19H,2-17H2,1H3,(H,21,22). The highest BCUT2D eigenvalue weighted by molar-refractivity contribution is 5.80. The van der Waals surface area contributed by atoms with Crippen molar-refractivity contribution < 1.29 is 9.47 Å². The third-order valence-corrected chi connectivity index (χ3v) is 5.89. The van der Waals surface area contributed by atoms with E-state index in [1.165, 1.54) is 45.3 Å². The van der Waals surface area contributed by atoms with Crippen molar-refractivity contribution in [2.45, 2.75) is 38.5 Å². The van der Waals surface area contributed by atoms with Crippen molar-refractivity contribution in [3.05, 3.63) is 0 Å². The van der Waals surface area contributed by atoms with Gasteiger partial charge in [-0.05, 0) is 51.1 Å². The first-order chi connectivity index (χ1) is 12.8. The van der Waals surface area contributed by atoms with Gasteiger partial charge in [-0.15, -0.1) is 0 Å². The van der Waals surface area contributed by atoms with Crippen LogP contribution in [0.4, 0.5) is 0 Å². The average molecular weight is 367 g/mol. The molecule has 0 aromatic heterocycles. The van der Waals surface area contributed by atoms with Gasteiger partial charge in [0.05, 0.1) is 13.2 Å². The number of hydrogen-bond donors (Lipinski definition) is 1. The average Bonchev–Trinajstić information content (AvgIpc) is 3.34.